The van der Waals surface area contributed by atoms with Crippen molar-refractivity contribution in [1.82, 2.24) is 0 Å². The van der Waals surface area contributed by atoms with E-state index in [9.17, 15) is 0 Å². The Balaban J connectivity index is 1.69. The first-order valence-corrected chi connectivity index (χ1v) is 14.1. The van der Waals surface area contributed by atoms with E-state index in [0.29, 0.717) is 9.75 Å². The van der Waals surface area contributed by atoms with Gasteiger partial charge in [-0.2, -0.15) is 26.3 Å². The molecule has 4 heterocycles. The first-order chi connectivity index (χ1) is 19.4. The van der Waals surface area contributed by atoms with Crippen molar-refractivity contribution in [1.29, 1.82) is 0 Å². The van der Waals surface area contributed by atoms with Crippen LogP contribution in [0.5, 0.6) is 0 Å². The van der Waals surface area contributed by atoms with Gasteiger partial charge in [0.2, 0.25) is 0 Å². The maximum absolute atomic E-state index is 16.1. The van der Waals surface area contributed by atoms with Crippen LogP contribution in [0.25, 0.3) is 54.4 Å². The molecule has 10 heteroatoms. The summed E-state index contributed by atoms with van der Waals surface area (Å²) >= 11 is 2.36. The molecule has 0 unspecified atom stereocenters. The molecule has 4 aromatic heterocycles. The van der Waals surface area contributed by atoms with Gasteiger partial charge in [-0.25, -0.2) is 0 Å². The zero-order valence-electron chi connectivity index (χ0n) is 21.3. The zero-order valence-corrected chi connectivity index (χ0v) is 23.0. The Hall–Kier alpha value is -3.76. The molecule has 0 saturated heterocycles. The lowest BCUT2D eigenvalue weighted by Gasteiger charge is -2.25. The van der Waals surface area contributed by atoms with Crippen molar-refractivity contribution >= 4 is 55.8 Å². The number of rotatable bonds is 4. The van der Waals surface area contributed by atoms with Crippen LogP contribution >= 0.6 is 22.7 Å². The van der Waals surface area contributed by atoms with Gasteiger partial charge in [0, 0.05) is 42.8 Å². The lowest BCUT2D eigenvalue weighted by Crippen LogP contribution is -2.48. The average molecular weight is 601 g/mol. The van der Waals surface area contributed by atoms with Gasteiger partial charge in [0.25, 0.3) is 0 Å². The van der Waals surface area contributed by atoms with Gasteiger partial charge in [-0.15, -0.1) is 22.7 Å². The summed E-state index contributed by atoms with van der Waals surface area (Å²) in [5, 5.41) is 0.0473. The molecule has 0 bridgehead atoms. The molecule has 2 nitrogen and oxygen atoms in total. The molecule has 0 amide bonds. The monoisotopic (exact) mass is 600 g/mol. The lowest BCUT2D eigenvalue weighted by atomic mass is 9.91. The number of fused-ring (bicyclic) bond motifs is 2. The summed E-state index contributed by atoms with van der Waals surface area (Å²) < 4.78 is 107. The Morgan fingerprint density at radius 3 is 1.29 bits per heavy atom. The van der Waals surface area contributed by atoms with Gasteiger partial charge in [-0.1, -0.05) is 36.4 Å². The van der Waals surface area contributed by atoms with Gasteiger partial charge in [0.05, 0.1) is 9.75 Å². The van der Waals surface area contributed by atoms with Gasteiger partial charge in [0.1, 0.15) is 11.2 Å². The van der Waals surface area contributed by atoms with Gasteiger partial charge < -0.3 is 8.83 Å². The van der Waals surface area contributed by atoms with Crippen molar-refractivity contribution in [3.8, 4) is 21.3 Å². The summed E-state index contributed by atoms with van der Waals surface area (Å²) in [6.07, 6.45) is 0. The van der Waals surface area contributed by atoms with E-state index in [4.69, 9.17) is 8.83 Å². The average Bonchev–Trinajstić information content (AvgIpc) is 3.72. The maximum atomic E-state index is 16.1. The molecular formula is C31H18F6O2S2. The molecule has 0 atom stereocenters. The molecule has 0 spiro atoms. The highest BCUT2D eigenvalue weighted by molar-refractivity contribution is 7.15. The third-order valence-electron chi connectivity index (χ3n) is 7.29. The zero-order chi connectivity index (χ0) is 28.9. The van der Waals surface area contributed by atoms with Crippen LogP contribution in [0.15, 0.2) is 81.6 Å². The summed E-state index contributed by atoms with van der Waals surface area (Å²) in [5.74, 6) is -16.6. The molecule has 6 aromatic rings. The van der Waals surface area contributed by atoms with Crippen LogP contribution in [0.1, 0.15) is 20.9 Å². The van der Waals surface area contributed by atoms with Crippen molar-refractivity contribution in [3.05, 3.63) is 93.7 Å². The number of benzene rings is 2. The fourth-order valence-corrected chi connectivity index (χ4v) is 7.15. The van der Waals surface area contributed by atoms with Crippen molar-refractivity contribution in [3.63, 3.8) is 0 Å². The normalized spacial score (nSPS) is 17.8. The van der Waals surface area contributed by atoms with Crippen molar-refractivity contribution in [2.75, 3.05) is 0 Å². The Bertz CT molecular complexity index is 1880. The Kier molecular flexibility index (Phi) is 5.50. The van der Waals surface area contributed by atoms with E-state index in [1.165, 1.54) is 59.1 Å². The second kappa shape index (κ2) is 8.62. The number of furan rings is 2. The molecule has 2 aromatic carbocycles. The summed E-state index contributed by atoms with van der Waals surface area (Å²) in [4.78, 5) is 2.29. The van der Waals surface area contributed by atoms with Crippen LogP contribution in [0, 0.1) is 13.8 Å². The van der Waals surface area contributed by atoms with E-state index in [0.717, 1.165) is 9.75 Å². The number of hydrogen-bond donors (Lipinski definition) is 0. The second-order valence-electron chi connectivity index (χ2n) is 9.90. The molecule has 1 aliphatic rings. The van der Waals surface area contributed by atoms with Gasteiger partial charge in [-0.3, -0.25) is 0 Å². The fourth-order valence-electron chi connectivity index (χ4n) is 5.44. The topological polar surface area (TPSA) is 26.3 Å². The minimum Gasteiger partial charge on any atom is -0.455 e. The Morgan fingerprint density at radius 1 is 0.537 bits per heavy atom. The van der Waals surface area contributed by atoms with Crippen LogP contribution in [-0.2, 0) is 0 Å². The second-order valence-corrected chi connectivity index (χ2v) is 12.5. The number of hydrogen-bond acceptors (Lipinski definition) is 4. The number of alkyl halides is 6. The minimum atomic E-state index is -5.74. The molecule has 0 fully saturated rings. The fraction of sp³-hybridized carbons (Fsp3) is 0.161. The van der Waals surface area contributed by atoms with Crippen LogP contribution in [0.2, 0.25) is 0 Å². The van der Waals surface area contributed by atoms with E-state index in [1.807, 2.05) is 0 Å². The molecule has 0 N–H and O–H groups in total. The SMILES string of the molecule is Cc1ccc(-c2oc3ccccc3c2C2=C(c3c(-c4ccc(C)s4)oc4ccccc34)C(F)(F)C(F)(F)C2(F)F)s1. The summed E-state index contributed by atoms with van der Waals surface area (Å²) in [7, 11) is 0. The van der Waals surface area contributed by atoms with Crippen LogP contribution < -0.4 is 0 Å². The number of para-hydroxylation sites is 2. The molecule has 208 valence electrons. The molecule has 0 radical (unpaired) electrons. The van der Waals surface area contributed by atoms with Crippen LogP contribution in [-0.4, -0.2) is 17.8 Å². The smallest absolute Gasteiger partial charge is 0.380 e. The Morgan fingerprint density at radius 2 is 0.927 bits per heavy atom. The quantitative estimate of drug-likeness (QED) is 0.188. The highest BCUT2D eigenvalue weighted by Gasteiger charge is 2.81. The van der Waals surface area contributed by atoms with Crippen molar-refractivity contribution < 1.29 is 35.2 Å². The van der Waals surface area contributed by atoms with Crippen molar-refractivity contribution in [2.45, 2.75) is 31.6 Å². The van der Waals surface area contributed by atoms with E-state index < -0.39 is 40.0 Å². The summed E-state index contributed by atoms with van der Waals surface area (Å²) in [6.45, 7) is 3.56. The predicted octanol–water partition coefficient (Wildman–Crippen LogP) is 11.1. The molecule has 1 aliphatic carbocycles. The van der Waals surface area contributed by atoms with Crippen LogP contribution in [0.4, 0.5) is 26.3 Å². The van der Waals surface area contributed by atoms with Crippen LogP contribution in [0.3, 0.4) is 0 Å². The highest BCUT2D eigenvalue weighted by Crippen LogP contribution is 2.67. The van der Waals surface area contributed by atoms with Crippen molar-refractivity contribution in [2.24, 2.45) is 0 Å². The molecule has 0 aliphatic heterocycles. The van der Waals surface area contributed by atoms with E-state index in [2.05, 4.69) is 0 Å². The third-order valence-corrected chi connectivity index (χ3v) is 9.28. The maximum Gasteiger partial charge on any atom is 0.380 e. The standard InChI is InChI=1S/C31H18F6O2S2/c1-15-11-13-21(40-15)27-23(17-7-3-5-9-19(17)38-27)25-26(30(34,35)31(36,37)29(25,32)33)24-18-8-4-6-10-20(18)39-28(24)22-14-12-16(2)41-22/h3-14H,1-2H3. The Labute approximate surface area is 237 Å². The number of halogens is 6. The molecule has 7 rings (SSSR count). The summed E-state index contributed by atoms with van der Waals surface area (Å²) in [6, 6.07) is 18.6. The van der Waals surface area contributed by atoms with E-state index in [-0.39, 0.29) is 33.5 Å². The highest BCUT2D eigenvalue weighted by atomic mass is 32.1. The first-order valence-electron chi connectivity index (χ1n) is 12.5. The third kappa shape index (κ3) is 3.50. The van der Waals surface area contributed by atoms with Gasteiger partial charge in [-0.05, 0) is 50.2 Å². The van der Waals surface area contributed by atoms with E-state index >= 15 is 26.3 Å². The summed E-state index contributed by atoms with van der Waals surface area (Å²) in [5.41, 5.74) is -3.71. The van der Waals surface area contributed by atoms with Gasteiger partial charge in [0.15, 0.2) is 11.5 Å². The molecule has 0 saturated carbocycles. The minimum absolute atomic E-state index is 0.0237. The molecular weight excluding hydrogens is 582 g/mol. The molecule has 41 heavy (non-hydrogen) atoms. The predicted molar refractivity (Wildman–Crippen MR) is 150 cm³/mol. The number of allylic oxidation sites excluding steroid dienone is 2. The number of aryl methyl sites for hydroxylation is 2. The largest absolute Gasteiger partial charge is 0.455 e. The lowest BCUT2D eigenvalue weighted by molar-refractivity contribution is -0.254. The first kappa shape index (κ1) is 26.2. The van der Waals surface area contributed by atoms with Gasteiger partial charge >= 0.3 is 17.8 Å². The number of thiophene rings is 2. The van der Waals surface area contributed by atoms with E-state index in [1.54, 1.807) is 50.2 Å².